The highest BCUT2D eigenvalue weighted by Gasteiger charge is 2.13. The number of sulfonamides is 1. The highest BCUT2D eigenvalue weighted by Crippen LogP contribution is 1.99. The topological polar surface area (TPSA) is 49.4 Å². The zero-order valence-corrected chi connectivity index (χ0v) is 11.8. The van der Waals surface area contributed by atoms with Gasteiger partial charge < -0.3 is 5.32 Å². The van der Waals surface area contributed by atoms with Crippen molar-refractivity contribution in [2.24, 2.45) is 0 Å². The first-order valence-corrected chi connectivity index (χ1v) is 7.72. The van der Waals surface area contributed by atoms with Crippen LogP contribution in [0.3, 0.4) is 0 Å². The molecule has 0 saturated heterocycles. The molecule has 0 heterocycles. The lowest BCUT2D eigenvalue weighted by Gasteiger charge is -2.17. The normalized spacial score (nSPS) is 14.3. The zero-order chi connectivity index (χ0) is 12.6. The average molecular weight is 250 g/mol. The summed E-state index contributed by atoms with van der Waals surface area (Å²) in [5, 5.41) is 3.39. The van der Waals surface area contributed by atoms with Crippen molar-refractivity contribution in [1.29, 1.82) is 0 Å². The van der Waals surface area contributed by atoms with E-state index in [-0.39, 0.29) is 5.75 Å². The second-order valence-corrected chi connectivity index (χ2v) is 6.58. The maximum absolute atomic E-state index is 11.4. The first-order valence-electron chi connectivity index (χ1n) is 6.11. The van der Waals surface area contributed by atoms with Gasteiger partial charge in [0.25, 0.3) is 0 Å². The van der Waals surface area contributed by atoms with Crippen LogP contribution in [-0.4, -0.2) is 44.7 Å². The Bertz CT molecular complexity index is 265. The summed E-state index contributed by atoms with van der Waals surface area (Å²) in [5.74, 6) is 0.184. The fourth-order valence-electron chi connectivity index (χ4n) is 1.54. The molecule has 0 aliphatic heterocycles. The van der Waals surface area contributed by atoms with E-state index in [1.165, 1.54) is 17.1 Å². The van der Waals surface area contributed by atoms with Gasteiger partial charge in [-0.05, 0) is 33.2 Å². The van der Waals surface area contributed by atoms with Crippen molar-refractivity contribution >= 4 is 10.0 Å². The van der Waals surface area contributed by atoms with Crippen molar-refractivity contribution in [3.8, 4) is 0 Å². The van der Waals surface area contributed by atoms with Crippen LogP contribution in [0.2, 0.25) is 0 Å². The predicted octanol–water partition coefficient (Wildman–Crippen LogP) is 1.44. The molecular weight excluding hydrogens is 224 g/mol. The zero-order valence-electron chi connectivity index (χ0n) is 11.0. The average Bonchev–Trinajstić information content (AvgIpc) is 2.24. The first-order chi connectivity index (χ1) is 7.44. The molecule has 1 N–H and O–H groups in total. The van der Waals surface area contributed by atoms with E-state index in [0.29, 0.717) is 12.6 Å². The fourth-order valence-corrected chi connectivity index (χ4v) is 2.39. The molecule has 0 spiro atoms. The third-order valence-electron chi connectivity index (χ3n) is 2.70. The number of rotatable bonds is 9. The summed E-state index contributed by atoms with van der Waals surface area (Å²) in [6.45, 7) is 7.48. The van der Waals surface area contributed by atoms with Gasteiger partial charge in [0, 0.05) is 19.6 Å². The van der Waals surface area contributed by atoms with Gasteiger partial charge in [-0.1, -0.05) is 13.3 Å². The molecule has 0 aliphatic rings. The molecule has 0 saturated carbocycles. The lowest BCUT2D eigenvalue weighted by atomic mass is 10.2. The molecule has 0 amide bonds. The molecule has 0 fully saturated rings. The molecule has 0 aliphatic carbocycles. The van der Waals surface area contributed by atoms with E-state index >= 15 is 0 Å². The molecule has 0 rings (SSSR count). The lowest BCUT2D eigenvalue weighted by Crippen LogP contribution is -2.33. The Morgan fingerprint density at radius 1 is 1.31 bits per heavy atom. The number of hydrogen-bond acceptors (Lipinski definition) is 3. The highest BCUT2D eigenvalue weighted by atomic mass is 32.2. The molecule has 0 aromatic rings. The van der Waals surface area contributed by atoms with Crippen molar-refractivity contribution in [1.82, 2.24) is 9.62 Å². The van der Waals surface area contributed by atoms with E-state index in [9.17, 15) is 8.42 Å². The maximum Gasteiger partial charge on any atom is 0.213 e. The Labute approximate surface area is 100 Å². The van der Waals surface area contributed by atoms with E-state index < -0.39 is 10.0 Å². The quantitative estimate of drug-likeness (QED) is 0.630. The molecule has 0 radical (unpaired) electrons. The van der Waals surface area contributed by atoms with Gasteiger partial charge in [-0.3, -0.25) is 0 Å². The summed E-state index contributed by atoms with van der Waals surface area (Å²) < 4.78 is 24.3. The lowest BCUT2D eigenvalue weighted by molar-refractivity contribution is 0.438. The number of nitrogens with one attached hydrogen (secondary N) is 1. The van der Waals surface area contributed by atoms with E-state index in [2.05, 4.69) is 19.2 Å². The molecule has 4 nitrogen and oxygen atoms in total. The van der Waals surface area contributed by atoms with Crippen LogP contribution in [-0.2, 0) is 10.0 Å². The SMILES string of the molecule is CCCC(C)NCCCN(C)S(=O)(=O)CC. The Kier molecular flexibility index (Phi) is 7.97. The van der Waals surface area contributed by atoms with Crippen LogP contribution in [0.15, 0.2) is 0 Å². The molecule has 16 heavy (non-hydrogen) atoms. The molecule has 5 heteroatoms. The third kappa shape index (κ3) is 6.45. The van der Waals surface area contributed by atoms with Crippen LogP contribution in [0.5, 0.6) is 0 Å². The van der Waals surface area contributed by atoms with Gasteiger partial charge in [0.1, 0.15) is 0 Å². The van der Waals surface area contributed by atoms with Crippen LogP contribution in [0.4, 0.5) is 0 Å². The fraction of sp³-hybridized carbons (Fsp3) is 1.00. The smallest absolute Gasteiger partial charge is 0.213 e. The van der Waals surface area contributed by atoms with Gasteiger partial charge in [0.2, 0.25) is 10.0 Å². The van der Waals surface area contributed by atoms with Gasteiger partial charge >= 0.3 is 0 Å². The standard InChI is InChI=1S/C11H26N2O2S/c1-5-8-11(3)12-9-7-10-13(4)16(14,15)6-2/h11-12H,5-10H2,1-4H3. The van der Waals surface area contributed by atoms with Gasteiger partial charge in [0.05, 0.1) is 5.75 Å². The van der Waals surface area contributed by atoms with Gasteiger partial charge in [-0.15, -0.1) is 0 Å². The molecule has 0 aromatic heterocycles. The second-order valence-electron chi connectivity index (χ2n) is 4.22. The van der Waals surface area contributed by atoms with Crippen molar-refractivity contribution in [2.45, 2.75) is 46.1 Å². The summed E-state index contributed by atoms with van der Waals surface area (Å²) in [7, 11) is -1.36. The largest absolute Gasteiger partial charge is 0.314 e. The van der Waals surface area contributed by atoms with Crippen LogP contribution < -0.4 is 5.32 Å². The van der Waals surface area contributed by atoms with Crippen LogP contribution in [0.1, 0.15) is 40.0 Å². The van der Waals surface area contributed by atoms with E-state index in [4.69, 9.17) is 0 Å². The molecule has 98 valence electrons. The minimum Gasteiger partial charge on any atom is -0.314 e. The first kappa shape index (κ1) is 15.9. The summed E-state index contributed by atoms with van der Waals surface area (Å²) in [5.41, 5.74) is 0. The summed E-state index contributed by atoms with van der Waals surface area (Å²) in [4.78, 5) is 0. The molecule has 1 unspecified atom stereocenters. The number of nitrogens with zero attached hydrogens (tertiary/aromatic N) is 1. The Balaban J connectivity index is 3.67. The minimum atomic E-state index is -3.00. The Morgan fingerprint density at radius 3 is 2.44 bits per heavy atom. The van der Waals surface area contributed by atoms with E-state index in [1.54, 1.807) is 14.0 Å². The Hall–Kier alpha value is -0.130. The van der Waals surface area contributed by atoms with Crippen molar-refractivity contribution in [3.05, 3.63) is 0 Å². The molecular formula is C11H26N2O2S. The van der Waals surface area contributed by atoms with Crippen LogP contribution in [0, 0.1) is 0 Å². The van der Waals surface area contributed by atoms with E-state index in [0.717, 1.165) is 13.0 Å². The van der Waals surface area contributed by atoms with Gasteiger partial charge in [0.15, 0.2) is 0 Å². The third-order valence-corrected chi connectivity index (χ3v) is 4.57. The molecule has 1 atom stereocenters. The second kappa shape index (κ2) is 8.03. The molecule has 0 bridgehead atoms. The van der Waals surface area contributed by atoms with Crippen LogP contribution >= 0.6 is 0 Å². The van der Waals surface area contributed by atoms with Crippen LogP contribution in [0.25, 0.3) is 0 Å². The van der Waals surface area contributed by atoms with Crippen molar-refractivity contribution in [2.75, 3.05) is 25.9 Å². The van der Waals surface area contributed by atoms with Gasteiger partial charge in [-0.25, -0.2) is 12.7 Å². The Morgan fingerprint density at radius 2 is 1.94 bits per heavy atom. The maximum atomic E-state index is 11.4. The van der Waals surface area contributed by atoms with Crippen molar-refractivity contribution < 1.29 is 8.42 Å². The summed E-state index contributed by atoms with van der Waals surface area (Å²) in [6.07, 6.45) is 3.21. The molecule has 0 aromatic carbocycles. The van der Waals surface area contributed by atoms with Gasteiger partial charge in [-0.2, -0.15) is 0 Å². The predicted molar refractivity (Wildman–Crippen MR) is 69.1 cm³/mol. The summed E-state index contributed by atoms with van der Waals surface area (Å²) in [6, 6.07) is 0.526. The highest BCUT2D eigenvalue weighted by molar-refractivity contribution is 7.89. The summed E-state index contributed by atoms with van der Waals surface area (Å²) >= 11 is 0. The minimum absolute atomic E-state index is 0.184. The number of hydrogen-bond donors (Lipinski definition) is 1. The monoisotopic (exact) mass is 250 g/mol. The van der Waals surface area contributed by atoms with E-state index in [1.807, 2.05) is 0 Å². The van der Waals surface area contributed by atoms with Crippen molar-refractivity contribution in [3.63, 3.8) is 0 Å².